The standard InChI is InChI=1S/C15H16N2O3S/c1-2-21(18,19)17-15-5-3-4-13(16-15)11-6-7-14-12(10-11)8-9-20-14/h3-7,10H,2,8-9H2,1H3,(H,16,17). The predicted molar refractivity (Wildman–Crippen MR) is 82.0 cm³/mol. The molecule has 0 bridgehead atoms. The lowest BCUT2D eigenvalue weighted by Crippen LogP contribution is -2.15. The quantitative estimate of drug-likeness (QED) is 0.942. The van der Waals surface area contributed by atoms with Gasteiger partial charge in [0.25, 0.3) is 0 Å². The average molecular weight is 304 g/mol. The molecule has 5 nitrogen and oxygen atoms in total. The number of hydrogen-bond acceptors (Lipinski definition) is 4. The SMILES string of the molecule is CCS(=O)(=O)Nc1cccc(-c2ccc3c(c2)CCO3)n1. The van der Waals surface area contributed by atoms with Gasteiger partial charge in [-0.05, 0) is 42.8 Å². The lowest BCUT2D eigenvalue weighted by Gasteiger charge is -2.08. The molecule has 3 rings (SSSR count). The Bertz CT molecular complexity index is 772. The van der Waals surface area contributed by atoms with Crippen LogP contribution in [0.1, 0.15) is 12.5 Å². The number of pyridine rings is 1. The minimum atomic E-state index is -3.31. The molecule has 0 saturated heterocycles. The average Bonchev–Trinajstić information content (AvgIpc) is 2.94. The van der Waals surface area contributed by atoms with Crippen LogP contribution in [0.3, 0.4) is 0 Å². The number of benzene rings is 1. The largest absolute Gasteiger partial charge is 0.493 e. The van der Waals surface area contributed by atoms with Crippen LogP contribution in [0.2, 0.25) is 0 Å². The van der Waals surface area contributed by atoms with Crippen LogP contribution < -0.4 is 9.46 Å². The first-order valence-electron chi connectivity index (χ1n) is 6.81. The van der Waals surface area contributed by atoms with E-state index in [0.717, 1.165) is 29.0 Å². The summed E-state index contributed by atoms with van der Waals surface area (Å²) < 4.78 is 31.2. The van der Waals surface area contributed by atoms with Crippen molar-refractivity contribution in [3.05, 3.63) is 42.0 Å². The highest BCUT2D eigenvalue weighted by atomic mass is 32.2. The maximum absolute atomic E-state index is 11.6. The van der Waals surface area contributed by atoms with Gasteiger partial charge in [-0.3, -0.25) is 4.72 Å². The van der Waals surface area contributed by atoms with Crippen molar-refractivity contribution in [3.63, 3.8) is 0 Å². The van der Waals surface area contributed by atoms with Gasteiger partial charge in [0.15, 0.2) is 0 Å². The monoisotopic (exact) mass is 304 g/mol. The van der Waals surface area contributed by atoms with E-state index in [9.17, 15) is 8.42 Å². The lowest BCUT2D eigenvalue weighted by atomic mass is 10.1. The molecule has 1 aliphatic rings. The summed E-state index contributed by atoms with van der Waals surface area (Å²) in [5, 5.41) is 0. The van der Waals surface area contributed by atoms with E-state index in [1.165, 1.54) is 0 Å². The van der Waals surface area contributed by atoms with Crippen molar-refractivity contribution in [1.29, 1.82) is 0 Å². The number of nitrogens with one attached hydrogen (secondary N) is 1. The fraction of sp³-hybridized carbons (Fsp3) is 0.267. The second-order valence-corrected chi connectivity index (χ2v) is 6.85. The molecule has 0 unspecified atom stereocenters. The number of fused-ring (bicyclic) bond motifs is 1. The van der Waals surface area contributed by atoms with Gasteiger partial charge in [0.2, 0.25) is 10.0 Å². The van der Waals surface area contributed by atoms with E-state index in [4.69, 9.17) is 4.74 Å². The number of rotatable bonds is 4. The van der Waals surface area contributed by atoms with Crippen molar-refractivity contribution >= 4 is 15.8 Å². The fourth-order valence-electron chi connectivity index (χ4n) is 2.23. The van der Waals surface area contributed by atoms with Gasteiger partial charge >= 0.3 is 0 Å². The topological polar surface area (TPSA) is 68.3 Å². The molecule has 6 heteroatoms. The number of anilines is 1. The van der Waals surface area contributed by atoms with E-state index >= 15 is 0 Å². The van der Waals surface area contributed by atoms with E-state index in [-0.39, 0.29) is 5.75 Å². The van der Waals surface area contributed by atoms with Crippen LogP contribution in [0.25, 0.3) is 11.3 Å². The van der Waals surface area contributed by atoms with Gasteiger partial charge in [0.1, 0.15) is 11.6 Å². The van der Waals surface area contributed by atoms with Crippen LogP contribution in [-0.4, -0.2) is 25.8 Å². The molecule has 0 fully saturated rings. The summed E-state index contributed by atoms with van der Waals surface area (Å²) in [7, 11) is -3.31. The van der Waals surface area contributed by atoms with Crippen LogP contribution in [-0.2, 0) is 16.4 Å². The summed E-state index contributed by atoms with van der Waals surface area (Å²) in [6.45, 7) is 2.30. The van der Waals surface area contributed by atoms with E-state index in [1.54, 1.807) is 19.1 Å². The van der Waals surface area contributed by atoms with Crippen molar-refractivity contribution in [2.75, 3.05) is 17.1 Å². The van der Waals surface area contributed by atoms with Crippen LogP contribution in [0.5, 0.6) is 5.75 Å². The predicted octanol–water partition coefficient (Wildman–Crippen LogP) is 2.45. The Morgan fingerprint density at radius 1 is 1.29 bits per heavy atom. The van der Waals surface area contributed by atoms with Crippen LogP contribution in [0.15, 0.2) is 36.4 Å². The molecule has 0 spiro atoms. The molecular formula is C15H16N2O3S. The molecule has 0 aliphatic carbocycles. The first-order chi connectivity index (χ1) is 10.1. The Balaban J connectivity index is 1.93. The molecule has 0 atom stereocenters. The molecule has 1 aliphatic heterocycles. The van der Waals surface area contributed by atoms with Gasteiger partial charge in [0.05, 0.1) is 18.1 Å². The molecule has 1 N–H and O–H groups in total. The van der Waals surface area contributed by atoms with Crippen LogP contribution in [0, 0.1) is 0 Å². The number of nitrogens with zero attached hydrogens (tertiary/aromatic N) is 1. The van der Waals surface area contributed by atoms with Crippen LogP contribution in [0.4, 0.5) is 5.82 Å². The van der Waals surface area contributed by atoms with Gasteiger partial charge in [-0.15, -0.1) is 0 Å². The van der Waals surface area contributed by atoms with Gasteiger partial charge in [-0.25, -0.2) is 13.4 Å². The zero-order valence-electron chi connectivity index (χ0n) is 11.7. The Labute approximate surface area is 124 Å². The molecule has 110 valence electrons. The molecule has 0 radical (unpaired) electrons. The van der Waals surface area contributed by atoms with E-state index in [1.807, 2.05) is 24.3 Å². The summed E-state index contributed by atoms with van der Waals surface area (Å²) in [6.07, 6.45) is 0.894. The van der Waals surface area contributed by atoms with Gasteiger partial charge in [-0.2, -0.15) is 0 Å². The number of hydrogen-bond donors (Lipinski definition) is 1. The van der Waals surface area contributed by atoms with Gasteiger partial charge in [0, 0.05) is 12.0 Å². The lowest BCUT2D eigenvalue weighted by molar-refractivity contribution is 0.357. The van der Waals surface area contributed by atoms with Gasteiger partial charge in [-0.1, -0.05) is 6.07 Å². The van der Waals surface area contributed by atoms with Crippen molar-refractivity contribution in [2.45, 2.75) is 13.3 Å². The first kappa shape index (κ1) is 13.9. The number of sulfonamides is 1. The molecule has 0 saturated carbocycles. The fourth-order valence-corrected chi connectivity index (χ4v) is 2.81. The molecule has 1 aromatic carbocycles. The second-order valence-electron chi connectivity index (χ2n) is 4.83. The molecule has 21 heavy (non-hydrogen) atoms. The Hall–Kier alpha value is -2.08. The molecule has 2 aromatic rings. The summed E-state index contributed by atoms with van der Waals surface area (Å²) in [5.74, 6) is 1.28. The third-order valence-corrected chi connectivity index (χ3v) is 4.65. The number of aromatic nitrogens is 1. The highest BCUT2D eigenvalue weighted by Crippen LogP contribution is 2.30. The highest BCUT2D eigenvalue weighted by Gasteiger charge is 2.14. The van der Waals surface area contributed by atoms with E-state index in [0.29, 0.717) is 12.4 Å². The third kappa shape index (κ3) is 3.00. The van der Waals surface area contributed by atoms with Crippen LogP contribution >= 0.6 is 0 Å². The number of ether oxygens (including phenoxy) is 1. The molecule has 0 amide bonds. The highest BCUT2D eigenvalue weighted by molar-refractivity contribution is 7.92. The van der Waals surface area contributed by atoms with Crippen molar-refractivity contribution in [2.24, 2.45) is 0 Å². The summed E-state index contributed by atoms with van der Waals surface area (Å²) in [5.41, 5.74) is 2.85. The minimum Gasteiger partial charge on any atom is -0.493 e. The minimum absolute atomic E-state index is 0.0229. The normalized spacial score (nSPS) is 13.6. The van der Waals surface area contributed by atoms with Gasteiger partial charge < -0.3 is 4.74 Å². The second kappa shape index (κ2) is 5.37. The summed E-state index contributed by atoms with van der Waals surface area (Å²) >= 11 is 0. The zero-order valence-corrected chi connectivity index (χ0v) is 12.5. The Morgan fingerprint density at radius 2 is 2.14 bits per heavy atom. The maximum Gasteiger partial charge on any atom is 0.233 e. The smallest absolute Gasteiger partial charge is 0.233 e. The van der Waals surface area contributed by atoms with Crippen molar-refractivity contribution in [3.8, 4) is 17.0 Å². The van der Waals surface area contributed by atoms with E-state index < -0.39 is 10.0 Å². The Morgan fingerprint density at radius 3 is 2.95 bits per heavy atom. The van der Waals surface area contributed by atoms with E-state index in [2.05, 4.69) is 9.71 Å². The maximum atomic E-state index is 11.6. The summed E-state index contributed by atoms with van der Waals surface area (Å²) in [4.78, 5) is 4.37. The molecule has 2 heterocycles. The Kier molecular flexibility index (Phi) is 3.55. The van der Waals surface area contributed by atoms with Crippen molar-refractivity contribution in [1.82, 2.24) is 4.98 Å². The first-order valence-corrected chi connectivity index (χ1v) is 8.46. The third-order valence-electron chi connectivity index (χ3n) is 3.37. The van der Waals surface area contributed by atoms with Crippen molar-refractivity contribution < 1.29 is 13.2 Å². The molecule has 1 aromatic heterocycles. The molecular weight excluding hydrogens is 288 g/mol. The summed E-state index contributed by atoms with van der Waals surface area (Å²) in [6, 6.07) is 11.2. The zero-order chi connectivity index (χ0) is 14.9.